The lowest BCUT2D eigenvalue weighted by Gasteiger charge is -2.34. The topological polar surface area (TPSA) is 46.4 Å². The molecule has 6 nitrogen and oxygen atoms in total. The van der Waals surface area contributed by atoms with E-state index in [0.29, 0.717) is 0 Å². The highest BCUT2D eigenvalue weighted by molar-refractivity contribution is 5.31. The molecule has 0 N–H and O–H groups in total. The zero-order valence-corrected chi connectivity index (χ0v) is 14.9. The predicted octanol–water partition coefficient (Wildman–Crippen LogP) is 1.63. The molecular formula is C18H27N5O. The fourth-order valence-electron chi connectivity index (χ4n) is 2.96. The number of aryl methyl sites for hydroxylation is 2. The van der Waals surface area contributed by atoms with Crippen molar-refractivity contribution in [2.24, 2.45) is 7.05 Å². The molecule has 6 heteroatoms. The Bertz CT molecular complexity index is 661. The molecule has 0 spiro atoms. The Labute approximate surface area is 144 Å². The molecule has 1 aliphatic heterocycles. The van der Waals surface area contributed by atoms with Crippen molar-refractivity contribution < 1.29 is 4.74 Å². The molecule has 1 saturated heterocycles. The van der Waals surface area contributed by atoms with Crippen molar-refractivity contribution in [3.8, 4) is 5.75 Å². The van der Waals surface area contributed by atoms with Gasteiger partial charge in [0.25, 0.3) is 0 Å². The molecule has 1 aliphatic rings. The van der Waals surface area contributed by atoms with Crippen LogP contribution < -0.4 is 4.74 Å². The second kappa shape index (κ2) is 7.77. The first-order chi connectivity index (χ1) is 11.6. The van der Waals surface area contributed by atoms with Crippen LogP contribution in [0.5, 0.6) is 5.75 Å². The van der Waals surface area contributed by atoms with Crippen LogP contribution in [0.3, 0.4) is 0 Å². The monoisotopic (exact) mass is 329 g/mol. The Kier molecular flexibility index (Phi) is 5.48. The van der Waals surface area contributed by atoms with Gasteiger partial charge in [-0.05, 0) is 25.5 Å². The molecule has 0 amide bonds. The Morgan fingerprint density at radius 3 is 2.38 bits per heavy atom. The van der Waals surface area contributed by atoms with Crippen molar-refractivity contribution in [3.05, 3.63) is 41.5 Å². The minimum Gasteiger partial charge on any atom is -0.492 e. The van der Waals surface area contributed by atoms with E-state index in [4.69, 9.17) is 4.74 Å². The number of aromatic nitrogens is 3. The molecule has 24 heavy (non-hydrogen) atoms. The highest BCUT2D eigenvalue weighted by Gasteiger charge is 2.18. The van der Waals surface area contributed by atoms with E-state index in [-0.39, 0.29) is 0 Å². The summed E-state index contributed by atoms with van der Waals surface area (Å²) in [6.07, 6.45) is 0. The molecule has 0 saturated carbocycles. The van der Waals surface area contributed by atoms with Crippen molar-refractivity contribution in [1.82, 2.24) is 24.6 Å². The summed E-state index contributed by atoms with van der Waals surface area (Å²) in [6.45, 7) is 11.0. The Morgan fingerprint density at radius 2 is 1.71 bits per heavy atom. The second-order valence-corrected chi connectivity index (χ2v) is 6.45. The molecule has 0 aliphatic carbocycles. The zero-order chi connectivity index (χ0) is 16.9. The lowest BCUT2D eigenvalue weighted by molar-refractivity contribution is 0.110. The van der Waals surface area contributed by atoms with Crippen molar-refractivity contribution in [1.29, 1.82) is 0 Å². The van der Waals surface area contributed by atoms with Crippen molar-refractivity contribution >= 4 is 0 Å². The number of benzene rings is 1. The maximum Gasteiger partial charge on any atom is 0.146 e. The van der Waals surface area contributed by atoms with E-state index < -0.39 is 0 Å². The number of hydrogen-bond acceptors (Lipinski definition) is 5. The van der Waals surface area contributed by atoms with Gasteiger partial charge >= 0.3 is 0 Å². The van der Waals surface area contributed by atoms with Gasteiger partial charge in [0.1, 0.15) is 24.0 Å². The van der Waals surface area contributed by atoms with Gasteiger partial charge in [-0.2, -0.15) is 0 Å². The van der Waals surface area contributed by atoms with E-state index >= 15 is 0 Å². The maximum atomic E-state index is 5.90. The quantitative estimate of drug-likeness (QED) is 0.806. The van der Waals surface area contributed by atoms with Crippen molar-refractivity contribution in [3.63, 3.8) is 0 Å². The van der Waals surface area contributed by atoms with Gasteiger partial charge < -0.3 is 9.30 Å². The molecule has 1 fully saturated rings. The predicted molar refractivity (Wildman–Crippen MR) is 94.1 cm³/mol. The summed E-state index contributed by atoms with van der Waals surface area (Å²) in [5.41, 5.74) is 1.20. The molecule has 0 unspecified atom stereocenters. The highest BCUT2D eigenvalue weighted by atomic mass is 16.5. The lowest BCUT2D eigenvalue weighted by atomic mass is 10.2. The summed E-state index contributed by atoms with van der Waals surface area (Å²) in [4.78, 5) is 4.92. The molecule has 0 bridgehead atoms. The van der Waals surface area contributed by atoms with E-state index in [2.05, 4.69) is 37.6 Å². The summed E-state index contributed by atoms with van der Waals surface area (Å²) in [5, 5.41) is 8.39. The average molecular weight is 329 g/mol. The van der Waals surface area contributed by atoms with Crippen LogP contribution in [0.1, 0.15) is 17.2 Å². The first-order valence-corrected chi connectivity index (χ1v) is 8.61. The second-order valence-electron chi connectivity index (χ2n) is 6.45. The third-order valence-electron chi connectivity index (χ3n) is 4.77. The molecular weight excluding hydrogens is 302 g/mol. The van der Waals surface area contributed by atoms with Gasteiger partial charge in [0, 0.05) is 39.8 Å². The number of hydrogen-bond donors (Lipinski definition) is 0. The smallest absolute Gasteiger partial charge is 0.146 e. The fraction of sp³-hybridized carbons (Fsp3) is 0.556. The van der Waals surface area contributed by atoms with Gasteiger partial charge in [-0.25, -0.2) is 0 Å². The number of piperazine rings is 1. The highest BCUT2D eigenvalue weighted by Crippen LogP contribution is 2.16. The van der Waals surface area contributed by atoms with Gasteiger partial charge in [0.05, 0.1) is 6.54 Å². The zero-order valence-electron chi connectivity index (χ0n) is 14.9. The van der Waals surface area contributed by atoms with Gasteiger partial charge in [-0.15, -0.1) is 10.2 Å². The van der Waals surface area contributed by atoms with Crippen LogP contribution in [0.4, 0.5) is 0 Å². The normalized spacial score (nSPS) is 16.5. The van der Waals surface area contributed by atoms with E-state index in [1.165, 1.54) is 5.56 Å². The van der Waals surface area contributed by atoms with E-state index in [1.807, 2.05) is 32.2 Å². The molecule has 1 aromatic carbocycles. The summed E-state index contributed by atoms with van der Waals surface area (Å²) in [7, 11) is 2.03. The van der Waals surface area contributed by atoms with Gasteiger partial charge in [-0.1, -0.05) is 18.2 Å². The van der Waals surface area contributed by atoms with Crippen LogP contribution in [0.2, 0.25) is 0 Å². The molecule has 1 aromatic heterocycles. The summed E-state index contributed by atoms with van der Waals surface area (Å²) >= 11 is 0. The third-order valence-corrected chi connectivity index (χ3v) is 4.77. The van der Waals surface area contributed by atoms with Crippen LogP contribution in [-0.4, -0.2) is 63.9 Å². The van der Waals surface area contributed by atoms with Gasteiger partial charge in [0.15, 0.2) is 0 Å². The van der Waals surface area contributed by atoms with Crippen LogP contribution in [0.15, 0.2) is 24.3 Å². The third kappa shape index (κ3) is 4.13. The molecule has 3 rings (SSSR count). The largest absolute Gasteiger partial charge is 0.492 e. The number of ether oxygens (including phenoxy) is 1. The van der Waals surface area contributed by atoms with Crippen LogP contribution in [0, 0.1) is 13.8 Å². The van der Waals surface area contributed by atoms with Crippen LogP contribution >= 0.6 is 0 Å². The van der Waals surface area contributed by atoms with Crippen LogP contribution in [0.25, 0.3) is 0 Å². The Morgan fingerprint density at radius 1 is 1.00 bits per heavy atom. The first kappa shape index (κ1) is 16.9. The Balaban J connectivity index is 1.39. The van der Waals surface area contributed by atoms with Gasteiger partial charge in [0.2, 0.25) is 0 Å². The first-order valence-electron chi connectivity index (χ1n) is 8.61. The minimum absolute atomic E-state index is 0.743. The SMILES string of the molecule is Cc1ccccc1OCCN1CCN(Cc2nnc(C)n2C)CC1. The van der Waals surface area contributed by atoms with Crippen molar-refractivity contribution in [2.45, 2.75) is 20.4 Å². The lowest BCUT2D eigenvalue weighted by Crippen LogP contribution is -2.47. The number of nitrogens with zero attached hydrogens (tertiary/aromatic N) is 5. The molecule has 0 atom stereocenters. The number of para-hydroxylation sites is 1. The average Bonchev–Trinajstić information content (AvgIpc) is 2.90. The summed E-state index contributed by atoms with van der Waals surface area (Å²) in [6, 6.07) is 8.19. The summed E-state index contributed by atoms with van der Waals surface area (Å²) in [5.74, 6) is 3.01. The molecule has 130 valence electrons. The standard InChI is InChI=1S/C18H27N5O/c1-15-6-4-5-7-17(15)24-13-12-22-8-10-23(11-9-22)14-18-20-19-16(2)21(18)3/h4-7H,8-14H2,1-3H3. The molecule has 2 aromatic rings. The van der Waals surface area contributed by atoms with E-state index in [0.717, 1.165) is 63.3 Å². The van der Waals surface area contributed by atoms with Crippen molar-refractivity contribution in [2.75, 3.05) is 39.3 Å². The minimum atomic E-state index is 0.743. The fourth-order valence-corrected chi connectivity index (χ4v) is 2.96. The molecule has 2 heterocycles. The number of rotatable bonds is 6. The van der Waals surface area contributed by atoms with E-state index in [1.54, 1.807) is 0 Å². The maximum absolute atomic E-state index is 5.90. The van der Waals surface area contributed by atoms with E-state index in [9.17, 15) is 0 Å². The van der Waals surface area contributed by atoms with Gasteiger partial charge in [-0.3, -0.25) is 9.80 Å². The van der Waals surface area contributed by atoms with Crippen LogP contribution in [-0.2, 0) is 13.6 Å². The summed E-state index contributed by atoms with van der Waals surface area (Å²) < 4.78 is 7.98. The Hall–Kier alpha value is -1.92. The molecule has 0 radical (unpaired) electrons.